The van der Waals surface area contributed by atoms with Gasteiger partial charge in [0.2, 0.25) is 11.2 Å². The number of halogens is 1. The first kappa shape index (κ1) is 13.3. The normalized spacial score (nSPS) is 10.4. The maximum absolute atomic E-state index is 5.91. The molecule has 3 rings (SSSR count). The van der Waals surface area contributed by atoms with Crippen molar-refractivity contribution in [3.05, 3.63) is 42.2 Å². The first-order chi connectivity index (χ1) is 10.3. The van der Waals surface area contributed by atoms with E-state index in [2.05, 4.69) is 30.4 Å². The predicted octanol–water partition coefficient (Wildman–Crippen LogP) is 1.86. The van der Waals surface area contributed by atoms with E-state index in [-0.39, 0.29) is 17.2 Å². The number of nitrogens with zero attached hydrogens (tertiary/aromatic N) is 6. The van der Waals surface area contributed by atoms with Crippen molar-refractivity contribution in [2.45, 2.75) is 0 Å². The second-order valence-corrected chi connectivity index (χ2v) is 4.23. The smallest absolute Gasteiger partial charge is 0.258 e. The van der Waals surface area contributed by atoms with Gasteiger partial charge in [-0.2, -0.15) is 24.7 Å². The van der Waals surface area contributed by atoms with Gasteiger partial charge in [-0.15, -0.1) is 0 Å². The second kappa shape index (κ2) is 5.71. The summed E-state index contributed by atoms with van der Waals surface area (Å²) < 4.78 is 6.65. The van der Waals surface area contributed by atoms with E-state index in [1.54, 1.807) is 7.11 Å². The molecule has 9 heteroatoms. The van der Waals surface area contributed by atoms with Crippen LogP contribution in [-0.4, -0.2) is 36.8 Å². The van der Waals surface area contributed by atoms with E-state index >= 15 is 0 Å². The topological polar surface area (TPSA) is 90.6 Å². The molecule has 2 aromatic heterocycles. The number of aromatic nitrogens is 6. The Kier molecular flexibility index (Phi) is 3.61. The van der Waals surface area contributed by atoms with Crippen LogP contribution in [0.3, 0.4) is 0 Å². The van der Waals surface area contributed by atoms with Crippen molar-refractivity contribution < 1.29 is 4.74 Å². The van der Waals surface area contributed by atoms with Gasteiger partial charge in [0.05, 0.1) is 12.8 Å². The molecule has 1 aromatic carbocycles. The number of ether oxygens (including phenoxy) is 1. The average Bonchev–Trinajstić information content (AvgIpc) is 3.01. The highest BCUT2D eigenvalue weighted by Gasteiger charge is 2.09. The molecule has 0 atom stereocenters. The van der Waals surface area contributed by atoms with Crippen LogP contribution >= 0.6 is 11.6 Å². The number of rotatable bonds is 4. The van der Waals surface area contributed by atoms with Gasteiger partial charge in [0.15, 0.2) is 0 Å². The van der Waals surface area contributed by atoms with Crippen LogP contribution in [0.2, 0.25) is 5.28 Å². The summed E-state index contributed by atoms with van der Waals surface area (Å²) >= 11 is 5.91. The largest absolute Gasteiger partial charge is 0.495 e. The molecule has 3 aromatic rings. The molecule has 0 aliphatic heterocycles. The maximum atomic E-state index is 5.91. The van der Waals surface area contributed by atoms with Crippen LogP contribution in [0.25, 0.3) is 5.95 Å². The van der Waals surface area contributed by atoms with Crippen molar-refractivity contribution in [2.75, 3.05) is 12.4 Å². The molecule has 0 unspecified atom stereocenters. The summed E-state index contributed by atoms with van der Waals surface area (Å²) in [6.45, 7) is 0. The molecule has 0 aliphatic rings. The van der Waals surface area contributed by atoms with Gasteiger partial charge in [0.25, 0.3) is 5.95 Å². The second-order valence-electron chi connectivity index (χ2n) is 3.89. The monoisotopic (exact) mass is 303 g/mol. The molecule has 0 bridgehead atoms. The lowest BCUT2D eigenvalue weighted by Crippen LogP contribution is -2.07. The summed E-state index contributed by atoms with van der Waals surface area (Å²) in [4.78, 5) is 16.1. The third kappa shape index (κ3) is 2.90. The molecule has 1 N–H and O–H groups in total. The molecule has 0 saturated carbocycles. The van der Waals surface area contributed by atoms with Crippen molar-refractivity contribution in [1.29, 1.82) is 0 Å². The standard InChI is InChI=1S/C12H10ClN7O/c1-21-9-5-3-2-4-8(9)16-11-17-10(13)18-12(19-11)20-7-14-6-15-20/h2-7H,1H3,(H,16,17,18,19). The molecule has 106 valence electrons. The number of hydrogen-bond donors (Lipinski definition) is 1. The van der Waals surface area contributed by atoms with Gasteiger partial charge in [-0.3, -0.25) is 0 Å². The van der Waals surface area contributed by atoms with E-state index in [1.807, 2.05) is 24.3 Å². The average molecular weight is 304 g/mol. The molecule has 21 heavy (non-hydrogen) atoms. The van der Waals surface area contributed by atoms with Gasteiger partial charge >= 0.3 is 0 Å². The first-order valence-corrected chi connectivity index (χ1v) is 6.30. The van der Waals surface area contributed by atoms with Crippen LogP contribution in [0.1, 0.15) is 0 Å². The van der Waals surface area contributed by atoms with Crippen LogP contribution in [0.4, 0.5) is 11.6 Å². The predicted molar refractivity (Wildman–Crippen MR) is 76.0 cm³/mol. The molecule has 8 nitrogen and oxygen atoms in total. The fraction of sp³-hybridized carbons (Fsp3) is 0.0833. The Hall–Kier alpha value is -2.74. The minimum Gasteiger partial charge on any atom is -0.495 e. The highest BCUT2D eigenvalue weighted by molar-refractivity contribution is 6.28. The molecular weight excluding hydrogens is 294 g/mol. The van der Waals surface area contributed by atoms with Crippen LogP contribution in [0.15, 0.2) is 36.9 Å². The van der Waals surface area contributed by atoms with E-state index in [4.69, 9.17) is 16.3 Å². The molecule has 0 fully saturated rings. The molecule has 2 heterocycles. The van der Waals surface area contributed by atoms with E-state index in [9.17, 15) is 0 Å². The maximum Gasteiger partial charge on any atom is 0.258 e. The molecule has 0 saturated heterocycles. The first-order valence-electron chi connectivity index (χ1n) is 5.93. The van der Waals surface area contributed by atoms with E-state index < -0.39 is 0 Å². The van der Waals surface area contributed by atoms with Crippen molar-refractivity contribution in [3.8, 4) is 11.7 Å². The molecule has 0 spiro atoms. The zero-order chi connectivity index (χ0) is 14.7. The summed E-state index contributed by atoms with van der Waals surface area (Å²) in [5.41, 5.74) is 0.715. The fourth-order valence-corrected chi connectivity index (χ4v) is 1.83. The number of benzene rings is 1. The Balaban J connectivity index is 1.96. The van der Waals surface area contributed by atoms with Gasteiger partial charge in [0.1, 0.15) is 18.4 Å². The quantitative estimate of drug-likeness (QED) is 0.786. The Morgan fingerprint density at radius 3 is 2.81 bits per heavy atom. The summed E-state index contributed by atoms with van der Waals surface area (Å²) in [5.74, 6) is 1.21. The number of hydrogen-bond acceptors (Lipinski definition) is 7. The van der Waals surface area contributed by atoms with E-state index in [0.717, 1.165) is 0 Å². The zero-order valence-electron chi connectivity index (χ0n) is 10.9. The van der Waals surface area contributed by atoms with Crippen LogP contribution < -0.4 is 10.1 Å². The lowest BCUT2D eigenvalue weighted by atomic mass is 10.3. The summed E-state index contributed by atoms with van der Waals surface area (Å²) in [6, 6.07) is 7.40. The van der Waals surface area contributed by atoms with Gasteiger partial charge in [0, 0.05) is 0 Å². The van der Waals surface area contributed by atoms with Gasteiger partial charge < -0.3 is 10.1 Å². The fourth-order valence-electron chi connectivity index (χ4n) is 1.68. The van der Waals surface area contributed by atoms with Crippen molar-refractivity contribution in [2.24, 2.45) is 0 Å². The Labute approximate surface area is 124 Å². The lowest BCUT2D eigenvalue weighted by molar-refractivity contribution is 0.417. The van der Waals surface area contributed by atoms with Gasteiger partial charge in [-0.25, -0.2) is 4.98 Å². The molecule has 0 aliphatic carbocycles. The summed E-state index contributed by atoms with van der Waals surface area (Å²) in [7, 11) is 1.59. The van der Waals surface area contributed by atoms with Crippen molar-refractivity contribution in [3.63, 3.8) is 0 Å². The Morgan fingerprint density at radius 2 is 2.05 bits per heavy atom. The Morgan fingerprint density at radius 1 is 1.19 bits per heavy atom. The van der Waals surface area contributed by atoms with Crippen LogP contribution in [-0.2, 0) is 0 Å². The van der Waals surface area contributed by atoms with Crippen LogP contribution in [0, 0.1) is 0 Å². The minimum absolute atomic E-state index is 0.0490. The van der Waals surface area contributed by atoms with Crippen molar-refractivity contribution in [1.82, 2.24) is 29.7 Å². The third-order valence-electron chi connectivity index (χ3n) is 2.57. The SMILES string of the molecule is COc1ccccc1Nc1nc(Cl)nc(-n2cncn2)n1. The number of methoxy groups -OCH3 is 1. The third-order valence-corrected chi connectivity index (χ3v) is 2.74. The molecule has 0 amide bonds. The molecular formula is C12H10ClN7O. The number of anilines is 2. The number of nitrogens with one attached hydrogen (secondary N) is 1. The summed E-state index contributed by atoms with van der Waals surface area (Å²) in [6.07, 6.45) is 2.85. The summed E-state index contributed by atoms with van der Waals surface area (Å²) in [5, 5.41) is 7.03. The van der Waals surface area contributed by atoms with Crippen molar-refractivity contribution >= 4 is 23.2 Å². The number of para-hydroxylation sites is 2. The van der Waals surface area contributed by atoms with Crippen LogP contribution in [0.5, 0.6) is 5.75 Å². The molecule has 0 radical (unpaired) electrons. The van der Waals surface area contributed by atoms with E-state index in [1.165, 1.54) is 17.3 Å². The van der Waals surface area contributed by atoms with E-state index in [0.29, 0.717) is 11.4 Å². The highest BCUT2D eigenvalue weighted by Crippen LogP contribution is 2.25. The Bertz CT molecular complexity index is 747. The lowest BCUT2D eigenvalue weighted by Gasteiger charge is -2.10. The zero-order valence-corrected chi connectivity index (χ0v) is 11.7. The van der Waals surface area contributed by atoms with Gasteiger partial charge in [-0.05, 0) is 23.7 Å². The highest BCUT2D eigenvalue weighted by atomic mass is 35.5. The van der Waals surface area contributed by atoms with Gasteiger partial charge in [-0.1, -0.05) is 12.1 Å². The minimum atomic E-state index is 0.0490.